The van der Waals surface area contributed by atoms with Crippen LogP contribution in [0.5, 0.6) is 0 Å². The molecule has 0 atom stereocenters. The van der Waals surface area contributed by atoms with Gasteiger partial charge >= 0.3 is 37.7 Å². The van der Waals surface area contributed by atoms with Gasteiger partial charge in [0.15, 0.2) is 0 Å². The summed E-state index contributed by atoms with van der Waals surface area (Å²) in [4.78, 5) is 0. The summed E-state index contributed by atoms with van der Waals surface area (Å²) >= 11 is 3.36. The fourth-order valence-corrected chi connectivity index (χ4v) is 3.92. The molecule has 86 valence electrons. The van der Waals surface area contributed by atoms with Crippen molar-refractivity contribution >= 4 is 42.8 Å². The zero-order valence-corrected chi connectivity index (χ0v) is 13.1. The van der Waals surface area contributed by atoms with Crippen LogP contribution in [0.25, 0.3) is 31.3 Å². The van der Waals surface area contributed by atoms with E-state index in [2.05, 4.69) is 59.3 Å². The largest absolute Gasteiger partial charge is 1.00 e. The third kappa shape index (κ3) is 2.54. The summed E-state index contributed by atoms with van der Waals surface area (Å²) in [6, 6.07) is 16.9. The number of thiophene rings is 2. The Balaban J connectivity index is 0.000000735. The van der Waals surface area contributed by atoms with Crippen molar-refractivity contribution in [1.82, 2.24) is 0 Å². The minimum atomic E-state index is 0. The summed E-state index contributed by atoms with van der Waals surface area (Å²) in [6.45, 7) is 0. The van der Waals surface area contributed by atoms with Crippen LogP contribution < -0.4 is 37.7 Å². The second-order valence-corrected chi connectivity index (χ2v) is 5.85. The number of hydrogen-bond donors (Lipinski definition) is 0. The maximum absolute atomic E-state index is 3.43. The van der Waals surface area contributed by atoms with Crippen molar-refractivity contribution in [2.24, 2.45) is 0 Å². The van der Waals surface area contributed by atoms with Crippen LogP contribution in [0.1, 0.15) is 0 Å². The third-order valence-electron chi connectivity index (χ3n) is 3.09. The second-order valence-electron chi connectivity index (χ2n) is 4.15. The molecule has 0 aliphatic heterocycles. The first-order valence-electron chi connectivity index (χ1n) is 5.72. The molecule has 0 N–H and O–H groups in total. The fourth-order valence-electron chi connectivity index (χ4n) is 2.22. The van der Waals surface area contributed by atoms with E-state index in [0.29, 0.717) is 0 Å². The van der Waals surface area contributed by atoms with Crippen LogP contribution in [0.3, 0.4) is 0 Å². The molecule has 0 nitrogen and oxygen atoms in total. The molecule has 0 aliphatic carbocycles. The van der Waals surface area contributed by atoms with Gasteiger partial charge in [-0.2, -0.15) is 10.8 Å². The molecule has 2 aromatic heterocycles. The monoisotopic (exact) mass is 278 g/mol. The molecule has 4 aromatic rings. The second kappa shape index (κ2) is 6.55. The number of fused-ring (bicyclic) bond motifs is 2. The van der Waals surface area contributed by atoms with Crippen LogP contribution in [0.2, 0.25) is 0 Å². The van der Waals surface area contributed by atoms with Crippen LogP contribution in [-0.4, -0.2) is 0 Å². The average molecular weight is 278 g/mol. The first-order valence-corrected chi connectivity index (χ1v) is 7.35. The van der Waals surface area contributed by atoms with Crippen LogP contribution in [0.4, 0.5) is 0 Å². The minimum Gasteiger partial charge on any atom is -0.268 e. The Morgan fingerprint density at radius 2 is 1.00 bits per heavy atom. The van der Waals surface area contributed by atoms with Gasteiger partial charge < -0.3 is 0 Å². The molecule has 4 heteroatoms. The smallest absolute Gasteiger partial charge is 0.268 e. The third-order valence-corrected chi connectivity index (χ3v) is 4.85. The Kier molecular flexibility index (Phi) is 5.22. The Hall–Kier alpha value is -0.445. The Morgan fingerprint density at radius 1 is 0.600 bits per heavy atom. The standard InChI is InChI=1S/C16H8S2.2Li/c1-3-7-15-11(5-1)13(9-17-15)14-10-18-16-8-4-2-6-12(14)16;;/h1-8H;;/q-2;2*+1. The average Bonchev–Trinajstić information content (AvgIpc) is 3.01. The molecule has 0 bridgehead atoms. The Morgan fingerprint density at radius 3 is 1.45 bits per heavy atom. The molecule has 0 saturated carbocycles. The van der Waals surface area contributed by atoms with E-state index in [1.165, 1.54) is 31.3 Å². The van der Waals surface area contributed by atoms with Gasteiger partial charge in [-0.25, -0.2) is 11.1 Å². The van der Waals surface area contributed by atoms with Gasteiger partial charge in [-0.1, -0.05) is 45.8 Å². The Labute approximate surface area is 150 Å². The maximum atomic E-state index is 3.43. The van der Waals surface area contributed by atoms with Crippen molar-refractivity contribution in [3.8, 4) is 11.1 Å². The van der Waals surface area contributed by atoms with E-state index in [1.54, 1.807) is 22.7 Å². The molecule has 2 heterocycles. The summed E-state index contributed by atoms with van der Waals surface area (Å²) in [5.41, 5.74) is 2.38. The first-order chi connectivity index (χ1) is 8.93. The van der Waals surface area contributed by atoms with Gasteiger partial charge in [-0.15, -0.1) is 22.9 Å². The number of hydrogen-bond acceptors (Lipinski definition) is 2. The van der Waals surface area contributed by atoms with Crippen molar-refractivity contribution in [2.45, 2.75) is 0 Å². The first kappa shape index (κ1) is 15.9. The summed E-state index contributed by atoms with van der Waals surface area (Å²) in [5.74, 6) is 0. The quantitative estimate of drug-likeness (QED) is 0.322. The summed E-state index contributed by atoms with van der Waals surface area (Å²) in [5, 5.41) is 9.41. The van der Waals surface area contributed by atoms with Gasteiger partial charge in [0.2, 0.25) is 0 Å². The summed E-state index contributed by atoms with van der Waals surface area (Å²) in [6.07, 6.45) is 0. The number of benzene rings is 2. The fraction of sp³-hybridized carbons (Fsp3) is 0. The molecule has 0 spiro atoms. The maximum Gasteiger partial charge on any atom is 1.00 e. The molecular formula is C16H8Li2S2. The molecule has 0 unspecified atom stereocenters. The van der Waals surface area contributed by atoms with Gasteiger partial charge in [0, 0.05) is 0 Å². The van der Waals surface area contributed by atoms with E-state index in [4.69, 9.17) is 0 Å². The molecule has 20 heavy (non-hydrogen) atoms. The molecule has 4 rings (SSSR count). The zero-order valence-electron chi connectivity index (χ0n) is 11.4. The predicted octanol–water partition coefficient (Wildman–Crippen LogP) is -0.609. The minimum absolute atomic E-state index is 0. The van der Waals surface area contributed by atoms with Gasteiger partial charge in [0.1, 0.15) is 0 Å². The van der Waals surface area contributed by atoms with Crippen molar-refractivity contribution in [3.05, 3.63) is 59.3 Å². The van der Waals surface area contributed by atoms with E-state index in [1.807, 2.05) is 0 Å². The van der Waals surface area contributed by atoms with E-state index in [-0.39, 0.29) is 37.7 Å². The van der Waals surface area contributed by atoms with Gasteiger partial charge in [-0.05, 0) is 0 Å². The van der Waals surface area contributed by atoms with Gasteiger partial charge in [0.25, 0.3) is 0 Å². The molecule has 0 amide bonds. The Bertz CT molecular complexity index is 774. The summed E-state index contributed by atoms with van der Waals surface area (Å²) < 4.78 is 2.58. The van der Waals surface area contributed by atoms with Gasteiger partial charge in [0.05, 0.1) is 0 Å². The van der Waals surface area contributed by atoms with Crippen LogP contribution >= 0.6 is 22.7 Å². The molecule has 0 fully saturated rings. The number of rotatable bonds is 1. The van der Waals surface area contributed by atoms with Crippen LogP contribution in [-0.2, 0) is 0 Å². The van der Waals surface area contributed by atoms with E-state index in [9.17, 15) is 0 Å². The predicted molar refractivity (Wildman–Crippen MR) is 80.3 cm³/mol. The van der Waals surface area contributed by atoms with Crippen molar-refractivity contribution in [1.29, 1.82) is 0 Å². The molecular weight excluding hydrogens is 270 g/mol. The van der Waals surface area contributed by atoms with E-state index in [0.717, 1.165) is 0 Å². The van der Waals surface area contributed by atoms with Gasteiger partial charge in [-0.3, -0.25) is 22.7 Å². The van der Waals surface area contributed by atoms with Crippen molar-refractivity contribution < 1.29 is 37.7 Å². The molecule has 0 radical (unpaired) electrons. The van der Waals surface area contributed by atoms with Crippen molar-refractivity contribution in [3.63, 3.8) is 0 Å². The molecule has 0 saturated heterocycles. The molecule has 0 aliphatic rings. The molecule has 2 aromatic carbocycles. The van der Waals surface area contributed by atoms with Crippen LogP contribution in [0.15, 0.2) is 48.5 Å². The van der Waals surface area contributed by atoms with Crippen molar-refractivity contribution in [2.75, 3.05) is 0 Å². The van der Waals surface area contributed by atoms with E-state index < -0.39 is 0 Å². The summed E-state index contributed by atoms with van der Waals surface area (Å²) in [7, 11) is 0. The van der Waals surface area contributed by atoms with Crippen LogP contribution in [0, 0.1) is 10.8 Å². The zero-order chi connectivity index (χ0) is 11.9. The normalized spacial score (nSPS) is 10.2. The van der Waals surface area contributed by atoms with E-state index >= 15 is 0 Å². The SMILES string of the molecule is [Li+].[Li+].[c-]1sc2ccccc2c1-c1[c-]sc2ccccc12. The topological polar surface area (TPSA) is 0 Å².